The number of likely N-dealkylation sites (N-methyl/N-ethyl adjacent to an activating group) is 1. The van der Waals surface area contributed by atoms with Crippen molar-refractivity contribution in [2.75, 3.05) is 37.8 Å². The van der Waals surface area contributed by atoms with Gasteiger partial charge in [0.15, 0.2) is 0 Å². The topological polar surface area (TPSA) is 53.1 Å². The average molecular weight is 279 g/mol. The zero-order valence-electron chi connectivity index (χ0n) is 13.9. The van der Waals surface area contributed by atoms with Gasteiger partial charge in [0, 0.05) is 30.6 Å². The second-order valence-electron chi connectivity index (χ2n) is 6.55. The summed E-state index contributed by atoms with van der Waals surface area (Å²) in [4.78, 5) is 11.4. The van der Waals surface area contributed by atoms with E-state index < -0.39 is 0 Å². The normalized spacial score (nSPS) is 13.4. The van der Waals surface area contributed by atoms with Crippen molar-refractivity contribution < 1.29 is 0 Å². The molecule has 5 heteroatoms. The highest BCUT2D eigenvalue weighted by atomic mass is 15.1. The monoisotopic (exact) mass is 279 g/mol. The second kappa shape index (κ2) is 6.88. The van der Waals surface area contributed by atoms with E-state index in [1.807, 2.05) is 6.07 Å². The summed E-state index contributed by atoms with van der Waals surface area (Å²) in [6.45, 7) is 12.4. The van der Waals surface area contributed by atoms with Gasteiger partial charge in [-0.25, -0.2) is 9.97 Å². The predicted octanol–water partition coefficient (Wildman–Crippen LogP) is 2.57. The Labute approximate surface area is 123 Å². The minimum atomic E-state index is -0.0628. The van der Waals surface area contributed by atoms with Crippen LogP contribution in [0.4, 0.5) is 11.6 Å². The highest BCUT2D eigenvalue weighted by Crippen LogP contribution is 2.22. The lowest BCUT2D eigenvalue weighted by Crippen LogP contribution is -2.30. The Hall–Kier alpha value is -1.36. The van der Waals surface area contributed by atoms with Crippen LogP contribution in [0.15, 0.2) is 6.07 Å². The summed E-state index contributed by atoms with van der Waals surface area (Å²) in [5.41, 5.74) is -0.0628. The molecule has 0 aliphatic rings. The lowest BCUT2D eigenvalue weighted by atomic mass is 9.96. The van der Waals surface area contributed by atoms with Crippen molar-refractivity contribution in [2.45, 2.75) is 46.1 Å². The fraction of sp³-hybridized carbons (Fsp3) is 0.733. The first-order valence-electron chi connectivity index (χ1n) is 7.27. The van der Waals surface area contributed by atoms with E-state index in [9.17, 15) is 0 Å². The van der Waals surface area contributed by atoms with E-state index in [0.29, 0.717) is 6.04 Å². The van der Waals surface area contributed by atoms with Crippen LogP contribution in [0, 0.1) is 0 Å². The predicted molar refractivity (Wildman–Crippen MR) is 86.5 cm³/mol. The summed E-state index contributed by atoms with van der Waals surface area (Å²) in [6, 6.07) is 2.31. The summed E-state index contributed by atoms with van der Waals surface area (Å²) < 4.78 is 0. The van der Waals surface area contributed by atoms with Crippen LogP contribution >= 0.6 is 0 Å². The number of hydrogen-bond donors (Lipinski definition) is 2. The van der Waals surface area contributed by atoms with Crippen LogP contribution in [-0.2, 0) is 5.41 Å². The highest BCUT2D eigenvalue weighted by molar-refractivity contribution is 5.48. The molecule has 0 saturated carbocycles. The standard InChI is InChI=1S/C15H29N5/c1-8-16-12-9-13(17-11(2)10-20(6)7)19-14(18-12)15(3,4)5/h9,11H,8,10H2,1-7H3,(H2,16,17,18,19). The van der Waals surface area contributed by atoms with Gasteiger partial charge in [0.2, 0.25) is 0 Å². The van der Waals surface area contributed by atoms with Gasteiger partial charge in [-0.05, 0) is 27.9 Å². The van der Waals surface area contributed by atoms with Gasteiger partial charge in [-0.3, -0.25) is 0 Å². The average Bonchev–Trinajstić information content (AvgIpc) is 2.26. The molecule has 0 aliphatic heterocycles. The molecule has 5 nitrogen and oxygen atoms in total. The maximum absolute atomic E-state index is 4.65. The van der Waals surface area contributed by atoms with E-state index in [0.717, 1.165) is 30.5 Å². The molecule has 0 spiro atoms. The molecule has 0 aliphatic carbocycles. The van der Waals surface area contributed by atoms with E-state index in [1.165, 1.54) is 0 Å². The molecule has 114 valence electrons. The Bertz CT molecular complexity index is 423. The van der Waals surface area contributed by atoms with E-state index in [2.05, 4.69) is 74.2 Å². The minimum Gasteiger partial charge on any atom is -0.370 e. The van der Waals surface area contributed by atoms with Crippen LogP contribution in [0.2, 0.25) is 0 Å². The zero-order valence-corrected chi connectivity index (χ0v) is 13.9. The van der Waals surface area contributed by atoms with Crippen molar-refractivity contribution in [3.63, 3.8) is 0 Å². The Morgan fingerprint density at radius 2 is 1.80 bits per heavy atom. The van der Waals surface area contributed by atoms with Crippen molar-refractivity contribution in [3.05, 3.63) is 11.9 Å². The van der Waals surface area contributed by atoms with Gasteiger partial charge < -0.3 is 15.5 Å². The molecule has 1 rings (SSSR count). The molecular weight excluding hydrogens is 250 g/mol. The fourth-order valence-corrected chi connectivity index (χ4v) is 1.97. The molecule has 1 heterocycles. The van der Waals surface area contributed by atoms with E-state index in [4.69, 9.17) is 0 Å². The van der Waals surface area contributed by atoms with Gasteiger partial charge in [0.25, 0.3) is 0 Å². The lowest BCUT2D eigenvalue weighted by Gasteiger charge is -2.22. The number of hydrogen-bond acceptors (Lipinski definition) is 5. The first-order chi connectivity index (χ1) is 9.22. The second-order valence-corrected chi connectivity index (χ2v) is 6.55. The maximum Gasteiger partial charge on any atom is 0.138 e. The van der Waals surface area contributed by atoms with Crippen LogP contribution in [0.25, 0.3) is 0 Å². The molecule has 1 atom stereocenters. The molecule has 0 radical (unpaired) electrons. The number of rotatable bonds is 6. The Morgan fingerprint density at radius 3 is 2.30 bits per heavy atom. The minimum absolute atomic E-state index is 0.0628. The SMILES string of the molecule is CCNc1cc(NC(C)CN(C)C)nc(C(C)(C)C)n1. The lowest BCUT2D eigenvalue weighted by molar-refractivity contribution is 0.391. The summed E-state index contributed by atoms with van der Waals surface area (Å²) in [7, 11) is 4.14. The first kappa shape index (κ1) is 16.7. The zero-order chi connectivity index (χ0) is 15.3. The van der Waals surface area contributed by atoms with E-state index >= 15 is 0 Å². The third kappa shape index (κ3) is 5.33. The fourth-order valence-electron chi connectivity index (χ4n) is 1.97. The van der Waals surface area contributed by atoms with Gasteiger partial charge in [0.05, 0.1) is 0 Å². The van der Waals surface area contributed by atoms with Crippen LogP contribution in [0.1, 0.15) is 40.4 Å². The summed E-state index contributed by atoms with van der Waals surface area (Å²) in [6.07, 6.45) is 0. The van der Waals surface area contributed by atoms with Crippen molar-refractivity contribution in [3.8, 4) is 0 Å². The highest BCUT2D eigenvalue weighted by Gasteiger charge is 2.19. The smallest absolute Gasteiger partial charge is 0.138 e. The number of nitrogens with one attached hydrogen (secondary N) is 2. The van der Waals surface area contributed by atoms with Crippen LogP contribution < -0.4 is 10.6 Å². The van der Waals surface area contributed by atoms with Gasteiger partial charge in [-0.15, -0.1) is 0 Å². The van der Waals surface area contributed by atoms with Crippen molar-refractivity contribution in [2.24, 2.45) is 0 Å². The molecule has 1 aromatic heterocycles. The van der Waals surface area contributed by atoms with Gasteiger partial charge in [-0.2, -0.15) is 0 Å². The van der Waals surface area contributed by atoms with Crippen LogP contribution in [0.3, 0.4) is 0 Å². The third-order valence-corrected chi connectivity index (χ3v) is 2.79. The van der Waals surface area contributed by atoms with E-state index in [1.54, 1.807) is 0 Å². The Kier molecular flexibility index (Phi) is 5.74. The molecule has 20 heavy (non-hydrogen) atoms. The number of nitrogens with zero attached hydrogens (tertiary/aromatic N) is 3. The van der Waals surface area contributed by atoms with Crippen molar-refractivity contribution >= 4 is 11.6 Å². The molecule has 0 amide bonds. The maximum atomic E-state index is 4.65. The van der Waals surface area contributed by atoms with Gasteiger partial charge in [0.1, 0.15) is 17.5 Å². The number of aromatic nitrogens is 2. The quantitative estimate of drug-likeness (QED) is 0.838. The largest absolute Gasteiger partial charge is 0.370 e. The summed E-state index contributed by atoms with van der Waals surface area (Å²) in [5, 5.41) is 6.72. The number of anilines is 2. The molecule has 0 aromatic carbocycles. The van der Waals surface area contributed by atoms with Crippen molar-refractivity contribution in [1.82, 2.24) is 14.9 Å². The van der Waals surface area contributed by atoms with Gasteiger partial charge in [-0.1, -0.05) is 20.8 Å². The molecular formula is C15H29N5. The molecule has 0 saturated heterocycles. The van der Waals surface area contributed by atoms with Crippen LogP contribution in [-0.4, -0.2) is 48.1 Å². The summed E-state index contributed by atoms with van der Waals surface area (Å²) in [5.74, 6) is 2.62. The molecule has 0 bridgehead atoms. The Morgan fingerprint density at radius 1 is 1.20 bits per heavy atom. The molecule has 1 aromatic rings. The summed E-state index contributed by atoms with van der Waals surface area (Å²) >= 11 is 0. The van der Waals surface area contributed by atoms with E-state index in [-0.39, 0.29) is 5.41 Å². The van der Waals surface area contributed by atoms with Crippen LogP contribution in [0.5, 0.6) is 0 Å². The van der Waals surface area contributed by atoms with Gasteiger partial charge >= 0.3 is 0 Å². The molecule has 1 unspecified atom stereocenters. The van der Waals surface area contributed by atoms with Crippen molar-refractivity contribution in [1.29, 1.82) is 0 Å². The molecule has 2 N–H and O–H groups in total. The third-order valence-electron chi connectivity index (χ3n) is 2.79. The Balaban J connectivity index is 2.97. The first-order valence-corrected chi connectivity index (χ1v) is 7.27. The molecule has 0 fully saturated rings.